The molecule has 2 unspecified atom stereocenters. The van der Waals surface area contributed by atoms with Gasteiger partial charge >= 0.3 is 0 Å². The standard InChI is InChI=1S/C16H24N2O2/c1-13-6-5-7-14(2)18(13)10-11-20-16-9-4-3-8-15(16)12-17-19/h3-4,8-9,13-14H,5-7,10-12H2,1-2H3. The molecule has 1 aromatic carbocycles. The zero-order valence-corrected chi connectivity index (χ0v) is 12.4. The highest BCUT2D eigenvalue weighted by Crippen LogP contribution is 2.23. The highest BCUT2D eigenvalue weighted by atomic mass is 16.5. The van der Waals surface area contributed by atoms with Gasteiger partial charge in [-0.2, -0.15) is 4.91 Å². The second kappa shape index (κ2) is 7.39. The van der Waals surface area contributed by atoms with E-state index in [-0.39, 0.29) is 6.54 Å². The molecule has 0 spiro atoms. The Morgan fingerprint density at radius 2 is 1.95 bits per heavy atom. The third-order valence-electron chi connectivity index (χ3n) is 4.19. The van der Waals surface area contributed by atoms with Gasteiger partial charge in [-0.15, -0.1) is 0 Å². The van der Waals surface area contributed by atoms with Crippen LogP contribution in [0.2, 0.25) is 0 Å². The minimum atomic E-state index is 0.173. The molecule has 2 rings (SSSR count). The Labute approximate surface area is 121 Å². The number of hydrogen-bond acceptors (Lipinski definition) is 4. The van der Waals surface area contributed by atoms with Crippen molar-refractivity contribution in [2.45, 2.75) is 51.7 Å². The summed E-state index contributed by atoms with van der Waals surface area (Å²) in [6.45, 7) is 6.35. The number of nitroso groups, excluding NO2 is 1. The van der Waals surface area contributed by atoms with Crippen LogP contribution < -0.4 is 4.74 Å². The maximum atomic E-state index is 10.4. The number of piperidine rings is 1. The number of ether oxygens (including phenoxy) is 1. The average Bonchev–Trinajstić information content (AvgIpc) is 2.44. The van der Waals surface area contributed by atoms with E-state index in [1.807, 2.05) is 24.3 Å². The van der Waals surface area contributed by atoms with E-state index in [1.165, 1.54) is 19.3 Å². The van der Waals surface area contributed by atoms with Crippen LogP contribution in [0.3, 0.4) is 0 Å². The predicted molar refractivity (Wildman–Crippen MR) is 80.9 cm³/mol. The van der Waals surface area contributed by atoms with Crippen LogP contribution in [0.25, 0.3) is 0 Å². The maximum absolute atomic E-state index is 10.4. The van der Waals surface area contributed by atoms with Crippen molar-refractivity contribution in [2.24, 2.45) is 5.18 Å². The summed E-state index contributed by atoms with van der Waals surface area (Å²) >= 11 is 0. The molecule has 0 aromatic heterocycles. The molecule has 4 heteroatoms. The smallest absolute Gasteiger partial charge is 0.124 e. The lowest BCUT2D eigenvalue weighted by Crippen LogP contribution is -2.45. The van der Waals surface area contributed by atoms with E-state index in [2.05, 4.69) is 23.9 Å². The Kier molecular flexibility index (Phi) is 5.53. The summed E-state index contributed by atoms with van der Waals surface area (Å²) in [5, 5.41) is 2.95. The molecule has 2 atom stereocenters. The molecule has 0 aliphatic carbocycles. The van der Waals surface area contributed by atoms with Crippen molar-refractivity contribution in [2.75, 3.05) is 13.2 Å². The third-order valence-corrected chi connectivity index (χ3v) is 4.19. The third kappa shape index (κ3) is 3.79. The van der Waals surface area contributed by atoms with Crippen LogP contribution in [0.4, 0.5) is 0 Å². The number of para-hydroxylation sites is 1. The van der Waals surface area contributed by atoms with Gasteiger partial charge in [0.1, 0.15) is 18.9 Å². The molecule has 1 heterocycles. The lowest BCUT2D eigenvalue weighted by molar-refractivity contribution is 0.0850. The molecular weight excluding hydrogens is 252 g/mol. The summed E-state index contributed by atoms with van der Waals surface area (Å²) in [7, 11) is 0. The minimum absolute atomic E-state index is 0.173. The first kappa shape index (κ1) is 15.0. The van der Waals surface area contributed by atoms with Gasteiger partial charge in [0.2, 0.25) is 0 Å². The van der Waals surface area contributed by atoms with Crippen molar-refractivity contribution in [3.05, 3.63) is 34.7 Å². The fourth-order valence-electron chi connectivity index (χ4n) is 3.02. The van der Waals surface area contributed by atoms with Crippen LogP contribution in [0.5, 0.6) is 5.75 Å². The van der Waals surface area contributed by atoms with Crippen molar-refractivity contribution in [1.29, 1.82) is 0 Å². The molecule has 1 fully saturated rings. The lowest BCUT2D eigenvalue weighted by atomic mass is 9.98. The zero-order chi connectivity index (χ0) is 14.4. The van der Waals surface area contributed by atoms with Crippen molar-refractivity contribution in [1.82, 2.24) is 4.90 Å². The van der Waals surface area contributed by atoms with Crippen LogP contribution in [0.15, 0.2) is 29.4 Å². The highest BCUT2D eigenvalue weighted by molar-refractivity contribution is 5.33. The second-order valence-electron chi connectivity index (χ2n) is 5.61. The van der Waals surface area contributed by atoms with Crippen molar-refractivity contribution >= 4 is 0 Å². The summed E-state index contributed by atoms with van der Waals surface area (Å²) in [5.41, 5.74) is 0.863. The van der Waals surface area contributed by atoms with Gasteiger partial charge in [-0.05, 0) is 32.8 Å². The molecule has 20 heavy (non-hydrogen) atoms. The molecule has 0 saturated carbocycles. The summed E-state index contributed by atoms with van der Waals surface area (Å²) in [6.07, 6.45) is 3.87. The van der Waals surface area contributed by atoms with Gasteiger partial charge in [-0.25, -0.2) is 0 Å². The lowest BCUT2D eigenvalue weighted by Gasteiger charge is -2.38. The van der Waals surface area contributed by atoms with Gasteiger partial charge in [-0.3, -0.25) is 4.90 Å². The van der Waals surface area contributed by atoms with Gasteiger partial charge in [0, 0.05) is 24.2 Å². The fourth-order valence-corrected chi connectivity index (χ4v) is 3.02. The first-order valence-corrected chi connectivity index (χ1v) is 7.48. The SMILES string of the molecule is CC1CCCC(C)N1CCOc1ccccc1CN=O. The first-order chi connectivity index (χ1) is 9.72. The molecule has 0 N–H and O–H groups in total. The van der Waals surface area contributed by atoms with Crippen molar-refractivity contribution in [3.63, 3.8) is 0 Å². The molecule has 0 bridgehead atoms. The maximum Gasteiger partial charge on any atom is 0.124 e. The van der Waals surface area contributed by atoms with Crippen LogP contribution in [-0.4, -0.2) is 30.1 Å². The summed E-state index contributed by atoms with van der Waals surface area (Å²) in [5.74, 6) is 0.782. The van der Waals surface area contributed by atoms with Gasteiger partial charge < -0.3 is 4.74 Å². The van der Waals surface area contributed by atoms with Gasteiger partial charge in [0.25, 0.3) is 0 Å². The number of likely N-dealkylation sites (tertiary alicyclic amines) is 1. The number of hydrogen-bond donors (Lipinski definition) is 0. The molecule has 1 aliphatic rings. The first-order valence-electron chi connectivity index (χ1n) is 7.48. The van der Waals surface area contributed by atoms with Crippen molar-refractivity contribution < 1.29 is 4.74 Å². The van der Waals surface area contributed by atoms with Crippen LogP contribution in [0.1, 0.15) is 38.7 Å². The topological polar surface area (TPSA) is 41.9 Å². The number of nitrogens with zero attached hydrogens (tertiary/aromatic N) is 2. The Morgan fingerprint density at radius 1 is 1.25 bits per heavy atom. The molecule has 0 radical (unpaired) electrons. The Balaban J connectivity index is 1.87. The molecule has 4 nitrogen and oxygen atoms in total. The van der Waals surface area contributed by atoms with Gasteiger partial charge in [0.05, 0.1) is 0 Å². The molecule has 1 saturated heterocycles. The molecule has 1 aliphatic heterocycles. The fraction of sp³-hybridized carbons (Fsp3) is 0.625. The van der Waals surface area contributed by atoms with Crippen LogP contribution in [0, 0.1) is 4.91 Å². The van der Waals surface area contributed by atoms with E-state index in [0.717, 1.165) is 17.9 Å². The second-order valence-corrected chi connectivity index (χ2v) is 5.61. The quantitative estimate of drug-likeness (QED) is 0.746. The van der Waals surface area contributed by atoms with Crippen LogP contribution in [-0.2, 0) is 6.54 Å². The van der Waals surface area contributed by atoms with E-state index < -0.39 is 0 Å². The van der Waals surface area contributed by atoms with E-state index in [4.69, 9.17) is 4.74 Å². The highest BCUT2D eigenvalue weighted by Gasteiger charge is 2.24. The van der Waals surface area contributed by atoms with E-state index in [1.54, 1.807) is 0 Å². The molecule has 1 aromatic rings. The molecular formula is C16H24N2O2. The normalized spacial score (nSPS) is 23.5. The Bertz CT molecular complexity index is 426. The van der Waals surface area contributed by atoms with Crippen LogP contribution >= 0.6 is 0 Å². The van der Waals surface area contributed by atoms with E-state index >= 15 is 0 Å². The van der Waals surface area contributed by atoms with Gasteiger partial charge in [0.15, 0.2) is 0 Å². The largest absolute Gasteiger partial charge is 0.492 e. The summed E-state index contributed by atoms with van der Waals surface area (Å²) in [4.78, 5) is 12.9. The number of benzene rings is 1. The number of rotatable bonds is 6. The molecule has 110 valence electrons. The van der Waals surface area contributed by atoms with Crippen molar-refractivity contribution in [3.8, 4) is 5.75 Å². The molecule has 0 amide bonds. The summed E-state index contributed by atoms with van der Waals surface area (Å²) < 4.78 is 5.85. The van der Waals surface area contributed by atoms with Gasteiger partial charge in [-0.1, -0.05) is 29.8 Å². The van der Waals surface area contributed by atoms with E-state index in [0.29, 0.717) is 18.7 Å². The van der Waals surface area contributed by atoms with E-state index in [9.17, 15) is 4.91 Å². The predicted octanol–water partition coefficient (Wildman–Crippen LogP) is 3.59. The minimum Gasteiger partial charge on any atom is -0.492 e. The monoisotopic (exact) mass is 276 g/mol. The Morgan fingerprint density at radius 3 is 2.65 bits per heavy atom. The Hall–Kier alpha value is -1.42. The summed E-state index contributed by atoms with van der Waals surface area (Å²) in [6, 6.07) is 8.90. The zero-order valence-electron chi connectivity index (χ0n) is 12.4. The average molecular weight is 276 g/mol.